The molecule has 5 nitrogen and oxygen atoms in total. The van der Waals surface area contributed by atoms with Crippen molar-refractivity contribution in [2.45, 2.75) is 64.6 Å². The molecule has 0 saturated heterocycles. The molecule has 0 radical (unpaired) electrons. The summed E-state index contributed by atoms with van der Waals surface area (Å²) in [5, 5.41) is 4.16. The van der Waals surface area contributed by atoms with Crippen molar-refractivity contribution in [3.05, 3.63) is 99.0 Å². The summed E-state index contributed by atoms with van der Waals surface area (Å²) in [5.74, 6) is 0.197. The van der Waals surface area contributed by atoms with Crippen LogP contribution in [0.3, 0.4) is 0 Å². The fraction of sp³-hybridized carbons (Fsp3) is 0.355. The molecule has 1 saturated carbocycles. The van der Waals surface area contributed by atoms with Crippen molar-refractivity contribution in [3.63, 3.8) is 0 Å². The summed E-state index contributed by atoms with van der Waals surface area (Å²) in [5.41, 5.74) is 3.66. The van der Waals surface area contributed by atoms with Gasteiger partial charge >= 0.3 is 0 Å². The van der Waals surface area contributed by atoms with Gasteiger partial charge in [0.2, 0.25) is 5.91 Å². The van der Waals surface area contributed by atoms with Gasteiger partial charge in [-0.3, -0.25) is 9.59 Å². The van der Waals surface area contributed by atoms with Gasteiger partial charge in [-0.25, -0.2) is 0 Å². The van der Waals surface area contributed by atoms with Crippen molar-refractivity contribution in [2.75, 3.05) is 6.61 Å². The standard InChI is InChI=1S/C31H34Cl2N2O3/c1-21-12-13-22(2)29(16-21)38-20-30(36)35(19-24-14-15-25(32)18-27(24)33)28(17-23-8-4-3-5-9-23)31(37)34-26-10-6-7-11-26/h3-5,8-9,12-16,18,26,28H,6-7,10-11,17,19-20H2,1-2H3,(H,34,37)/t28-/m0/s1. The van der Waals surface area contributed by atoms with Crippen LogP contribution in [0, 0.1) is 13.8 Å². The van der Waals surface area contributed by atoms with Gasteiger partial charge in [-0.2, -0.15) is 0 Å². The Balaban J connectivity index is 1.65. The quantitative estimate of drug-likeness (QED) is 0.305. The van der Waals surface area contributed by atoms with Crippen LogP contribution < -0.4 is 10.1 Å². The second-order valence-electron chi connectivity index (χ2n) is 10.0. The molecule has 0 aromatic heterocycles. The second kappa shape index (κ2) is 13.2. The average Bonchev–Trinajstić information content (AvgIpc) is 3.41. The summed E-state index contributed by atoms with van der Waals surface area (Å²) in [6, 6.07) is 20.2. The number of hydrogen-bond acceptors (Lipinski definition) is 3. The number of benzene rings is 3. The molecule has 1 N–H and O–H groups in total. The molecule has 0 spiro atoms. The minimum atomic E-state index is -0.737. The maximum Gasteiger partial charge on any atom is 0.261 e. The fourth-order valence-corrected chi connectivity index (χ4v) is 5.31. The van der Waals surface area contributed by atoms with Gasteiger partial charge in [0.15, 0.2) is 6.61 Å². The zero-order chi connectivity index (χ0) is 27.1. The Hall–Kier alpha value is -3.02. The SMILES string of the molecule is Cc1ccc(C)c(OCC(=O)N(Cc2ccc(Cl)cc2Cl)[C@@H](Cc2ccccc2)C(=O)NC2CCCC2)c1. The minimum absolute atomic E-state index is 0.128. The number of rotatable bonds is 10. The highest BCUT2D eigenvalue weighted by Gasteiger charge is 2.32. The van der Waals surface area contributed by atoms with E-state index in [9.17, 15) is 9.59 Å². The molecule has 2 amide bonds. The van der Waals surface area contributed by atoms with Crippen LogP contribution in [0.5, 0.6) is 5.75 Å². The smallest absolute Gasteiger partial charge is 0.261 e. The molecule has 0 heterocycles. The van der Waals surface area contributed by atoms with Gasteiger partial charge in [-0.1, -0.05) is 84.6 Å². The number of halogens is 2. The molecule has 3 aromatic rings. The Morgan fingerprint density at radius 3 is 2.45 bits per heavy atom. The number of amides is 2. The van der Waals surface area contributed by atoms with Gasteiger partial charge in [0.05, 0.1) is 0 Å². The van der Waals surface area contributed by atoms with E-state index in [2.05, 4.69) is 5.32 Å². The lowest BCUT2D eigenvalue weighted by atomic mass is 10.0. The van der Waals surface area contributed by atoms with E-state index in [0.29, 0.717) is 27.8 Å². The summed E-state index contributed by atoms with van der Waals surface area (Å²) in [6.45, 7) is 3.88. The monoisotopic (exact) mass is 552 g/mol. The van der Waals surface area contributed by atoms with E-state index in [4.69, 9.17) is 27.9 Å². The molecule has 1 aliphatic carbocycles. The second-order valence-corrected chi connectivity index (χ2v) is 10.9. The lowest BCUT2D eigenvalue weighted by Gasteiger charge is -2.32. The van der Waals surface area contributed by atoms with Crippen molar-refractivity contribution >= 4 is 35.0 Å². The molecule has 3 aromatic carbocycles. The lowest BCUT2D eigenvalue weighted by molar-refractivity contribution is -0.143. The van der Waals surface area contributed by atoms with Crippen molar-refractivity contribution in [1.29, 1.82) is 0 Å². The molecule has 7 heteroatoms. The summed E-state index contributed by atoms with van der Waals surface area (Å²) < 4.78 is 5.98. The molecule has 1 atom stereocenters. The average molecular weight is 554 g/mol. The van der Waals surface area contributed by atoms with Gasteiger partial charge in [-0.05, 0) is 67.1 Å². The van der Waals surface area contributed by atoms with E-state index < -0.39 is 6.04 Å². The summed E-state index contributed by atoms with van der Waals surface area (Å²) in [7, 11) is 0. The van der Waals surface area contributed by atoms with E-state index in [1.165, 1.54) is 0 Å². The predicted molar refractivity (Wildman–Crippen MR) is 153 cm³/mol. The van der Waals surface area contributed by atoms with Crippen LogP contribution in [0.25, 0.3) is 0 Å². The maximum absolute atomic E-state index is 13.8. The first-order chi connectivity index (χ1) is 18.3. The Bertz CT molecular complexity index is 1260. The highest BCUT2D eigenvalue weighted by Crippen LogP contribution is 2.25. The molecular formula is C31H34Cl2N2O3. The molecule has 0 bridgehead atoms. The number of nitrogens with zero attached hydrogens (tertiary/aromatic N) is 1. The Morgan fingerprint density at radius 1 is 1.00 bits per heavy atom. The largest absolute Gasteiger partial charge is 0.483 e. The van der Waals surface area contributed by atoms with E-state index in [0.717, 1.165) is 42.4 Å². The summed E-state index contributed by atoms with van der Waals surface area (Å²) >= 11 is 12.6. The van der Waals surface area contributed by atoms with Gasteiger partial charge in [0, 0.05) is 29.1 Å². The van der Waals surface area contributed by atoms with Gasteiger partial charge in [-0.15, -0.1) is 0 Å². The topological polar surface area (TPSA) is 58.6 Å². The van der Waals surface area contributed by atoms with Crippen LogP contribution in [0.4, 0.5) is 0 Å². The van der Waals surface area contributed by atoms with Crippen LogP contribution >= 0.6 is 23.2 Å². The molecule has 200 valence electrons. The van der Waals surface area contributed by atoms with Crippen LogP contribution in [0.15, 0.2) is 66.7 Å². The van der Waals surface area contributed by atoms with E-state index in [1.807, 2.05) is 62.4 Å². The summed E-state index contributed by atoms with van der Waals surface area (Å²) in [6.07, 6.45) is 4.48. The first-order valence-electron chi connectivity index (χ1n) is 13.1. The van der Waals surface area contributed by atoms with Crippen molar-refractivity contribution < 1.29 is 14.3 Å². The maximum atomic E-state index is 13.8. The lowest BCUT2D eigenvalue weighted by Crippen LogP contribution is -2.53. The fourth-order valence-electron chi connectivity index (χ4n) is 4.84. The number of nitrogens with one attached hydrogen (secondary N) is 1. The Labute approximate surface area is 235 Å². The van der Waals surface area contributed by atoms with Crippen molar-refractivity contribution in [2.24, 2.45) is 0 Å². The van der Waals surface area contributed by atoms with Crippen molar-refractivity contribution in [1.82, 2.24) is 10.2 Å². The third-order valence-electron chi connectivity index (χ3n) is 7.02. The highest BCUT2D eigenvalue weighted by molar-refractivity contribution is 6.35. The number of carbonyl (C=O) groups excluding carboxylic acids is 2. The zero-order valence-corrected chi connectivity index (χ0v) is 23.4. The Morgan fingerprint density at radius 2 is 1.74 bits per heavy atom. The number of ether oxygens (including phenoxy) is 1. The van der Waals surface area contributed by atoms with Crippen molar-refractivity contribution in [3.8, 4) is 5.75 Å². The van der Waals surface area contributed by atoms with E-state index in [-0.39, 0.29) is 31.0 Å². The molecule has 0 unspecified atom stereocenters. The third-order valence-corrected chi connectivity index (χ3v) is 7.61. The van der Waals surface area contributed by atoms with Crippen LogP contribution in [-0.2, 0) is 22.6 Å². The molecule has 38 heavy (non-hydrogen) atoms. The van der Waals surface area contributed by atoms with Gasteiger partial charge in [0.25, 0.3) is 5.91 Å². The molecule has 1 aliphatic rings. The first kappa shape index (κ1) is 28.0. The predicted octanol–water partition coefficient (Wildman–Crippen LogP) is 6.69. The van der Waals surface area contributed by atoms with Crippen LogP contribution in [-0.4, -0.2) is 35.4 Å². The molecular weight excluding hydrogens is 519 g/mol. The Kier molecular flexibility index (Phi) is 9.70. The third kappa shape index (κ3) is 7.52. The zero-order valence-electron chi connectivity index (χ0n) is 21.9. The molecule has 4 rings (SSSR count). The first-order valence-corrected chi connectivity index (χ1v) is 13.8. The van der Waals surface area contributed by atoms with E-state index >= 15 is 0 Å². The van der Waals surface area contributed by atoms with Crippen LogP contribution in [0.2, 0.25) is 10.0 Å². The van der Waals surface area contributed by atoms with Crippen LogP contribution in [0.1, 0.15) is 47.9 Å². The minimum Gasteiger partial charge on any atom is -0.483 e. The van der Waals surface area contributed by atoms with Gasteiger partial charge in [0.1, 0.15) is 11.8 Å². The highest BCUT2D eigenvalue weighted by atomic mass is 35.5. The summed E-state index contributed by atoms with van der Waals surface area (Å²) in [4.78, 5) is 29.2. The molecule has 0 aliphatic heterocycles. The number of carbonyl (C=O) groups is 2. The van der Waals surface area contributed by atoms with E-state index in [1.54, 1.807) is 23.1 Å². The normalized spacial score (nSPS) is 14.2. The molecule has 1 fully saturated rings. The number of aryl methyl sites for hydroxylation is 2. The van der Waals surface area contributed by atoms with Gasteiger partial charge < -0.3 is 15.0 Å². The number of hydrogen-bond donors (Lipinski definition) is 1.